The van der Waals surface area contributed by atoms with E-state index in [-0.39, 0.29) is 5.97 Å². The fraction of sp³-hybridized carbons (Fsp3) is 0.235. The molecule has 8 heteroatoms. The summed E-state index contributed by atoms with van der Waals surface area (Å²) in [4.78, 5) is 22.1. The largest absolute Gasteiger partial charge is 0.462 e. The topological polar surface area (TPSA) is 52.1 Å². The van der Waals surface area contributed by atoms with Gasteiger partial charge in [0.15, 0.2) is 0 Å². The van der Waals surface area contributed by atoms with Gasteiger partial charge < -0.3 is 4.74 Å². The lowest BCUT2D eigenvalue weighted by molar-refractivity contribution is 0.0531. The third-order valence-corrected chi connectivity index (χ3v) is 5.78. The normalized spacial score (nSPS) is 11.1. The minimum Gasteiger partial charge on any atom is -0.462 e. The van der Waals surface area contributed by atoms with Crippen LogP contribution in [-0.4, -0.2) is 22.5 Å². The second-order valence-corrected chi connectivity index (χ2v) is 7.48. The number of thiophene rings is 1. The number of esters is 1. The number of carbonyl (C=O) groups excluding carboxylic acids is 1. The third-order valence-electron chi connectivity index (χ3n) is 3.60. The van der Waals surface area contributed by atoms with E-state index in [1.165, 1.54) is 11.3 Å². The molecule has 0 unspecified atom stereocenters. The van der Waals surface area contributed by atoms with E-state index in [0.29, 0.717) is 49.1 Å². The predicted molar refractivity (Wildman–Crippen MR) is 102 cm³/mol. The molecule has 2 aromatic heterocycles. The number of ether oxygens (including phenoxy) is 1. The van der Waals surface area contributed by atoms with Gasteiger partial charge in [0, 0.05) is 6.42 Å². The van der Waals surface area contributed by atoms with E-state index in [0.717, 1.165) is 11.1 Å². The van der Waals surface area contributed by atoms with Crippen molar-refractivity contribution in [2.45, 2.75) is 20.3 Å². The van der Waals surface area contributed by atoms with Crippen LogP contribution < -0.4 is 0 Å². The number of halogens is 3. The summed E-state index contributed by atoms with van der Waals surface area (Å²) >= 11 is 19.6. The van der Waals surface area contributed by atoms with Crippen LogP contribution in [0.15, 0.2) is 18.2 Å². The molecule has 4 nitrogen and oxygen atoms in total. The van der Waals surface area contributed by atoms with E-state index in [4.69, 9.17) is 39.5 Å². The Labute approximate surface area is 163 Å². The summed E-state index contributed by atoms with van der Waals surface area (Å²) in [5.41, 5.74) is 1.66. The summed E-state index contributed by atoms with van der Waals surface area (Å²) in [6.07, 6.45) is 0.457. The number of carbonyl (C=O) groups is 1. The number of aryl methyl sites for hydroxylation is 1. The maximum absolute atomic E-state index is 12.1. The molecule has 2 heterocycles. The predicted octanol–water partition coefficient (Wildman–Crippen LogP) is 5.73. The van der Waals surface area contributed by atoms with Crippen molar-refractivity contribution in [1.82, 2.24) is 9.97 Å². The first-order valence-corrected chi connectivity index (χ1v) is 9.42. The van der Waals surface area contributed by atoms with Crippen LogP contribution in [0.1, 0.15) is 33.5 Å². The Bertz CT molecular complexity index is 972. The van der Waals surface area contributed by atoms with Gasteiger partial charge in [-0.2, -0.15) is 0 Å². The molecular formula is C17H13Cl3N2O2S. The Morgan fingerprint density at radius 3 is 2.64 bits per heavy atom. The highest BCUT2D eigenvalue weighted by atomic mass is 35.5. The zero-order chi connectivity index (χ0) is 18.1. The average Bonchev–Trinajstić information content (AvgIpc) is 2.88. The molecule has 0 N–H and O–H groups in total. The summed E-state index contributed by atoms with van der Waals surface area (Å²) in [6.45, 7) is 3.90. The Hall–Kier alpha value is -1.40. The molecule has 0 aliphatic carbocycles. The van der Waals surface area contributed by atoms with Gasteiger partial charge in [0.05, 0.1) is 22.0 Å². The third kappa shape index (κ3) is 3.75. The van der Waals surface area contributed by atoms with E-state index in [1.807, 2.05) is 13.0 Å². The molecule has 0 atom stereocenters. The van der Waals surface area contributed by atoms with Gasteiger partial charge in [-0.3, -0.25) is 0 Å². The summed E-state index contributed by atoms with van der Waals surface area (Å²) in [6, 6.07) is 5.36. The molecule has 3 aromatic rings. The van der Waals surface area contributed by atoms with Crippen molar-refractivity contribution >= 4 is 62.3 Å². The molecule has 0 saturated carbocycles. The lowest BCUT2D eigenvalue weighted by Gasteiger charge is -2.04. The molecule has 3 rings (SSSR count). The number of benzene rings is 1. The molecular weight excluding hydrogens is 403 g/mol. The van der Waals surface area contributed by atoms with Gasteiger partial charge >= 0.3 is 5.97 Å². The van der Waals surface area contributed by atoms with Crippen molar-refractivity contribution in [1.29, 1.82) is 0 Å². The van der Waals surface area contributed by atoms with E-state index < -0.39 is 0 Å². The molecule has 0 saturated heterocycles. The average molecular weight is 416 g/mol. The first-order chi connectivity index (χ1) is 11.9. The molecule has 0 bridgehead atoms. The summed E-state index contributed by atoms with van der Waals surface area (Å²) in [7, 11) is 0. The highest BCUT2D eigenvalue weighted by Gasteiger charge is 2.20. The van der Waals surface area contributed by atoms with Crippen molar-refractivity contribution in [2.75, 3.05) is 6.61 Å². The maximum atomic E-state index is 12.1. The quantitative estimate of drug-likeness (QED) is 0.403. The van der Waals surface area contributed by atoms with Crippen molar-refractivity contribution in [3.63, 3.8) is 0 Å². The zero-order valence-electron chi connectivity index (χ0n) is 13.4. The number of rotatable bonds is 4. The Morgan fingerprint density at radius 2 is 1.96 bits per heavy atom. The molecule has 0 fully saturated rings. The second-order valence-electron chi connectivity index (χ2n) is 5.31. The fourth-order valence-electron chi connectivity index (χ4n) is 2.43. The van der Waals surface area contributed by atoms with Crippen LogP contribution >= 0.6 is 46.1 Å². The van der Waals surface area contributed by atoms with Crippen LogP contribution in [0.3, 0.4) is 0 Å². The van der Waals surface area contributed by atoms with Gasteiger partial charge in [0.1, 0.15) is 20.7 Å². The van der Waals surface area contributed by atoms with Crippen molar-refractivity contribution in [2.24, 2.45) is 0 Å². The first-order valence-electron chi connectivity index (χ1n) is 7.47. The number of hydrogen-bond donors (Lipinski definition) is 0. The van der Waals surface area contributed by atoms with E-state index in [2.05, 4.69) is 9.97 Å². The van der Waals surface area contributed by atoms with Gasteiger partial charge in [-0.1, -0.05) is 40.9 Å². The van der Waals surface area contributed by atoms with Crippen LogP contribution in [0.4, 0.5) is 0 Å². The van der Waals surface area contributed by atoms with Gasteiger partial charge in [0.2, 0.25) is 0 Å². The number of aromatic nitrogens is 2. The fourth-order valence-corrected chi connectivity index (χ4v) is 4.23. The van der Waals surface area contributed by atoms with Crippen LogP contribution in [0.2, 0.25) is 15.2 Å². The van der Waals surface area contributed by atoms with Gasteiger partial charge in [-0.25, -0.2) is 14.8 Å². The summed E-state index contributed by atoms with van der Waals surface area (Å²) in [5.74, 6) is 0.178. The zero-order valence-corrected chi connectivity index (χ0v) is 16.5. The Balaban J connectivity index is 2.01. The smallest absolute Gasteiger partial charge is 0.348 e. The van der Waals surface area contributed by atoms with Gasteiger partial charge in [-0.05, 0) is 37.1 Å². The highest BCUT2D eigenvalue weighted by Crippen LogP contribution is 2.34. The van der Waals surface area contributed by atoms with Crippen LogP contribution in [0, 0.1) is 6.92 Å². The molecule has 130 valence electrons. The molecule has 0 spiro atoms. The molecule has 0 radical (unpaired) electrons. The highest BCUT2D eigenvalue weighted by molar-refractivity contribution is 7.20. The van der Waals surface area contributed by atoms with Crippen molar-refractivity contribution < 1.29 is 9.53 Å². The van der Waals surface area contributed by atoms with Crippen molar-refractivity contribution in [3.05, 3.63) is 55.2 Å². The van der Waals surface area contributed by atoms with Crippen LogP contribution in [0.5, 0.6) is 0 Å². The van der Waals surface area contributed by atoms with Crippen LogP contribution in [0.25, 0.3) is 10.2 Å². The molecule has 0 amide bonds. The molecule has 1 aromatic carbocycles. The summed E-state index contributed by atoms with van der Waals surface area (Å²) < 4.78 is 5.08. The van der Waals surface area contributed by atoms with E-state index >= 15 is 0 Å². The number of hydrogen-bond acceptors (Lipinski definition) is 5. The number of fused-ring (bicyclic) bond motifs is 1. The lowest BCUT2D eigenvalue weighted by atomic mass is 10.1. The Morgan fingerprint density at radius 1 is 1.20 bits per heavy atom. The van der Waals surface area contributed by atoms with E-state index in [1.54, 1.807) is 19.1 Å². The van der Waals surface area contributed by atoms with Crippen molar-refractivity contribution in [3.8, 4) is 0 Å². The maximum Gasteiger partial charge on any atom is 0.348 e. The number of nitrogens with zero attached hydrogens (tertiary/aromatic N) is 2. The summed E-state index contributed by atoms with van der Waals surface area (Å²) in [5, 5.41) is 1.98. The monoisotopic (exact) mass is 414 g/mol. The Kier molecular flexibility index (Phi) is 5.49. The first kappa shape index (κ1) is 18.4. The molecule has 0 aliphatic rings. The SMILES string of the molecule is CCOC(=O)c1sc2nc(Cc3ccc(Cl)c(Cl)c3)nc(Cl)c2c1C. The van der Waals surface area contributed by atoms with Gasteiger partial charge in [0.25, 0.3) is 0 Å². The van der Waals surface area contributed by atoms with Crippen LogP contribution in [-0.2, 0) is 11.2 Å². The second kappa shape index (κ2) is 7.46. The lowest BCUT2D eigenvalue weighted by Crippen LogP contribution is -2.03. The van der Waals surface area contributed by atoms with Gasteiger partial charge in [-0.15, -0.1) is 11.3 Å². The minimum atomic E-state index is -0.370. The molecule has 0 aliphatic heterocycles. The molecule has 25 heavy (non-hydrogen) atoms. The minimum absolute atomic E-state index is 0.314. The van der Waals surface area contributed by atoms with E-state index in [9.17, 15) is 4.79 Å². The standard InChI is InChI=1S/C17H13Cl3N2O2S/c1-3-24-17(23)14-8(2)13-15(20)21-12(22-16(13)25-14)7-9-4-5-10(18)11(19)6-9/h4-6H,3,7H2,1-2H3.